The summed E-state index contributed by atoms with van der Waals surface area (Å²) in [4.78, 5) is 0. The van der Waals surface area contributed by atoms with E-state index in [0.29, 0.717) is 23.4 Å². The van der Waals surface area contributed by atoms with Crippen molar-refractivity contribution in [3.63, 3.8) is 0 Å². The third-order valence-electron chi connectivity index (χ3n) is 4.00. The smallest absolute Gasteiger partial charge is 0.133 e. The zero-order valence-corrected chi connectivity index (χ0v) is 10.6. The average molecular weight is 237 g/mol. The average Bonchev–Trinajstić information content (AvgIpc) is 2.82. The predicted molar refractivity (Wildman–Crippen MR) is 66.9 cm³/mol. The van der Waals surface area contributed by atoms with E-state index < -0.39 is 0 Å². The van der Waals surface area contributed by atoms with Crippen LogP contribution in [0.3, 0.4) is 0 Å². The Kier molecular flexibility index (Phi) is 3.38. The number of aryl methyl sites for hydroxylation is 1. The topological polar surface area (TPSA) is 35.2 Å². The fraction of sp³-hybridized carbons (Fsp3) is 0.571. The van der Waals surface area contributed by atoms with Gasteiger partial charge in [0.1, 0.15) is 11.6 Å². The van der Waals surface area contributed by atoms with E-state index in [2.05, 4.69) is 0 Å². The molecular weight excluding hydrogens is 217 g/mol. The predicted octanol–water partition coefficient (Wildman–Crippen LogP) is 2.91. The zero-order chi connectivity index (χ0) is 12.5. The van der Waals surface area contributed by atoms with Crippen LogP contribution in [0, 0.1) is 12.7 Å². The Morgan fingerprint density at radius 3 is 2.53 bits per heavy atom. The number of rotatable bonds is 3. The summed E-state index contributed by atoms with van der Waals surface area (Å²) in [5.41, 5.74) is 7.06. The molecule has 0 aromatic heterocycles. The Bertz CT molecular complexity index is 411. The Labute approximate surface area is 102 Å². The molecule has 0 bridgehead atoms. The van der Waals surface area contributed by atoms with Crippen molar-refractivity contribution in [1.82, 2.24) is 0 Å². The lowest BCUT2D eigenvalue weighted by molar-refractivity contribution is 0.363. The molecule has 2 N–H and O–H groups in total. The molecule has 2 rings (SSSR count). The number of ether oxygens (including phenoxy) is 1. The van der Waals surface area contributed by atoms with Gasteiger partial charge in [0, 0.05) is 17.5 Å². The fourth-order valence-corrected chi connectivity index (χ4v) is 2.93. The second-order valence-corrected chi connectivity index (χ2v) is 4.97. The van der Waals surface area contributed by atoms with Crippen molar-refractivity contribution in [3.05, 3.63) is 29.1 Å². The molecule has 94 valence electrons. The van der Waals surface area contributed by atoms with Gasteiger partial charge in [-0.15, -0.1) is 0 Å². The Morgan fingerprint density at radius 2 is 2.00 bits per heavy atom. The summed E-state index contributed by atoms with van der Waals surface area (Å²) in [6.45, 7) is 2.28. The Hall–Kier alpha value is -1.09. The fourth-order valence-electron chi connectivity index (χ4n) is 2.93. The van der Waals surface area contributed by atoms with Crippen molar-refractivity contribution in [2.24, 2.45) is 5.73 Å². The van der Waals surface area contributed by atoms with Gasteiger partial charge in [-0.1, -0.05) is 18.9 Å². The van der Waals surface area contributed by atoms with Gasteiger partial charge in [-0.05, 0) is 31.4 Å². The molecule has 0 heterocycles. The first kappa shape index (κ1) is 12.4. The quantitative estimate of drug-likeness (QED) is 0.877. The molecule has 0 atom stereocenters. The summed E-state index contributed by atoms with van der Waals surface area (Å²) < 4.78 is 19.7. The number of nitrogens with two attached hydrogens (primary N) is 1. The molecule has 0 spiro atoms. The van der Waals surface area contributed by atoms with Crippen LogP contribution in [0.25, 0.3) is 0 Å². The minimum Gasteiger partial charge on any atom is -0.496 e. The summed E-state index contributed by atoms with van der Waals surface area (Å²) in [6.07, 6.45) is 4.15. The Morgan fingerprint density at radius 1 is 1.35 bits per heavy atom. The highest BCUT2D eigenvalue weighted by Gasteiger charge is 2.39. The standard InChI is InChI=1S/C14H20FNO/c1-10-5-6-11(17-2)12(13(10)15)14(9-16)7-3-4-8-14/h5-6H,3-4,7-9,16H2,1-2H3. The van der Waals surface area contributed by atoms with Crippen LogP contribution < -0.4 is 10.5 Å². The molecule has 1 aliphatic carbocycles. The van der Waals surface area contributed by atoms with Crippen LogP contribution in [-0.2, 0) is 5.41 Å². The van der Waals surface area contributed by atoms with E-state index in [-0.39, 0.29) is 11.2 Å². The van der Waals surface area contributed by atoms with Crippen LogP contribution in [0.5, 0.6) is 5.75 Å². The molecule has 0 amide bonds. The van der Waals surface area contributed by atoms with Crippen molar-refractivity contribution >= 4 is 0 Å². The van der Waals surface area contributed by atoms with Gasteiger partial charge in [0.15, 0.2) is 0 Å². The lowest BCUT2D eigenvalue weighted by atomic mass is 9.77. The molecule has 0 aliphatic heterocycles. The molecule has 1 aliphatic rings. The highest BCUT2D eigenvalue weighted by atomic mass is 19.1. The first-order valence-electron chi connectivity index (χ1n) is 6.18. The number of halogens is 1. The van der Waals surface area contributed by atoms with Gasteiger partial charge in [0.25, 0.3) is 0 Å². The molecule has 1 aromatic carbocycles. The second-order valence-electron chi connectivity index (χ2n) is 4.97. The van der Waals surface area contributed by atoms with E-state index in [4.69, 9.17) is 10.5 Å². The SMILES string of the molecule is COc1ccc(C)c(F)c1C1(CN)CCCC1. The van der Waals surface area contributed by atoms with Crippen LogP contribution in [0.4, 0.5) is 4.39 Å². The van der Waals surface area contributed by atoms with E-state index in [1.807, 2.05) is 6.07 Å². The number of benzene rings is 1. The zero-order valence-electron chi connectivity index (χ0n) is 10.6. The van der Waals surface area contributed by atoms with Gasteiger partial charge in [0.2, 0.25) is 0 Å². The molecule has 2 nitrogen and oxygen atoms in total. The molecule has 0 radical (unpaired) electrons. The molecule has 1 saturated carbocycles. The Balaban J connectivity index is 2.59. The van der Waals surface area contributed by atoms with Crippen LogP contribution in [-0.4, -0.2) is 13.7 Å². The van der Waals surface area contributed by atoms with E-state index >= 15 is 0 Å². The maximum Gasteiger partial charge on any atom is 0.133 e. The van der Waals surface area contributed by atoms with Gasteiger partial charge in [-0.2, -0.15) is 0 Å². The van der Waals surface area contributed by atoms with Crippen molar-refractivity contribution in [2.45, 2.75) is 38.0 Å². The van der Waals surface area contributed by atoms with E-state index in [1.165, 1.54) is 0 Å². The minimum atomic E-state index is -0.221. The van der Waals surface area contributed by atoms with Crippen LogP contribution in [0.1, 0.15) is 36.8 Å². The molecule has 1 fully saturated rings. The van der Waals surface area contributed by atoms with E-state index in [9.17, 15) is 4.39 Å². The summed E-state index contributed by atoms with van der Waals surface area (Å²) in [7, 11) is 1.59. The molecular formula is C14H20FNO. The van der Waals surface area contributed by atoms with Crippen molar-refractivity contribution in [1.29, 1.82) is 0 Å². The largest absolute Gasteiger partial charge is 0.496 e. The van der Waals surface area contributed by atoms with Gasteiger partial charge >= 0.3 is 0 Å². The normalized spacial score (nSPS) is 18.4. The maximum atomic E-state index is 14.4. The number of methoxy groups -OCH3 is 1. The second kappa shape index (κ2) is 4.65. The minimum absolute atomic E-state index is 0.142. The third-order valence-corrected chi connectivity index (χ3v) is 4.00. The van der Waals surface area contributed by atoms with Crippen LogP contribution >= 0.6 is 0 Å². The van der Waals surface area contributed by atoms with E-state index in [1.54, 1.807) is 20.1 Å². The third kappa shape index (κ3) is 1.93. The lowest BCUT2D eigenvalue weighted by Crippen LogP contribution is -2.33. The van der Waals surface area contributed by atoms with Gasteiger partial charge in [0.05, 0.1) is 7.11 Å². The summed E-state index contributed by atoms with van der Waals surface area (Å²) >= 11 is 0. The molecule has 0 unspecified atom stereocenters. The van der Waals surface area contributed by atoms with Crippen molar-refractivity contribution < 1.29 is 9.13 Å². The molecule has 3 heteroatoms. The highest BCUT2D eigenvalue weighted by molar-refractivity contribution is 5.44. The van der Waals surface area contributed by atoms with Gasteiger partial charge < -0.3 is 10.5 Å². The first-order chi connectivity index (χ1) is 8.14. The van der Waals surface area contributed by atoms with Crippen LogP contribution in [0.15, 0.2) is 12.1 Å². The molecule has 1 aromatic rings. The van der Waals surface area contributed by atoms with Crippen LogP contribution in [0.2, 0.25) is 0 Å². The number of hydrogen-bond acceptors (Lipinski definition) is 2. The number of hydrogen-bond donors (Lipinski definition) is 1. The van der Waals surface area contributed by atoms with Crippen molar-refractivity contribution in [3.8, 4) is 5.75 Å². The molecule has 17 heavy (non-hydrogen) atoms. The van der Waals surface area contributed by atoms with Crippen molar-refractivity contribution in [2.75, 3.05) is 13.7 Å². The maximum absolute atomic E-state index is 14.4. The lowest BCUT2D eigenvalue weighted by Gasteiger charge is -2.30. The van der Waals surface area contributed by atoms with Gasteiger partial charge in [-0.25, -0.2) is 4.39 Å². The summed E-state index contributed by atoms with van der Waals surface area (Å²) in [6, 6.07) is 3.61. The van der Waals surface area contributed by atoms with E-state index in [0.717, 1.165) is 25.7 Å². The molecule has 0 saturated heterocycles. The first-order valence-corrected chi connectivity index (χ1v) is 6.18. The highest BCUT2D eigenvalue weighted by Crippen LogP contribution is 2.45. The summed E-state index contributed by atoms with van der Waals surface area (Å²) in [5, 5.41) is 0. The monoisotopic (exact) mass is 237 g/mol. The summed E-state index contributed by atoms with van der Waals surface area (Å²) in [5.74, 6) is 0.497. The van der Waals surface area contributed by atoms with Gasteiger partial charge in [-0.3, -0.25) is 0 Å².